The van der Waals surface area contributed by atoms with Crippen molar-refractivity contribution in [2.45, 2.75) is 24.5 Å². The molecule has 5 nitrogen and oxygen atoms in total. The van der Waals surface area contributed by atoms with Crippen molar-refractivity contribution < 1.29 is 19.0 Å². The highest BCUT2D eigenvalue weighted by Gasteiger charge is 2.16. The van der Waals surface area contributed by atoms with Gasteiger partial charge in [-0.1, -0.05) is 17.7 Å². The molecule has 1 aliphatic rings. The van der Waals surface area contributed by atoms with Gasteiger partial charge in [0.25, 0.3) is 5.91 Å². The zero-order chi connectivity index (χ0) is 20.9. The summed E-state index contributed by atoms with van der Waals surface area (Å²) in [7, 11) is 0. The summed E-state index contributed by atoms with van der Waals surface area (Å²) in [4.78, 5) is 14.0. The fourth-order valence-electron chi connectivity index (χ4n) is 3.10. The Kier molecular flexibility index (Phi) is 6.14. The lowest BCUT2D eigenvalue weighted by atomic mass is 10.1. The molecule has 1 aliphatic heterocycles. The summed E-state index contributed by atoms with van der Waals surface area (Å²) in [5, 5.41) is 2.92. The van der Waals surface area contributed by atoms with Crippen molar-refractivity contribution in [3.8, 4) is 17.2 Å². The lowest BCUT2D eigenvalue weighted by molar-refractivity contribution is 0.102. The maximum absolute atomic E-state index is 12.8. The second-order valence-electron chi connectivity index (χ2n) is 6.88. The van der Waals surface area contributed by atoms with E-state index in [1.54, 1.807) is 36.0 Å². The van der Waals surface area contributed by atoms with Crippen LogP contribution in [0.1, 0.15) is 28.4 Å². The number of anilines is 1. The smallest absolute Gasteiger partial charge is 0.255 e. The molecular weight excluding hydrogens is 398 g/mol. The molecule has 0 saturated heterocycles. The van der Waals surface area contributed by atoms with Crippen LogP contribution in [-0.4, -0.2) is 19.3 Å². The molecule has 0 saturated carbocycles. The summed E-state index contributed by atoms with van der Waals surface area (Å²) in [5.74, 6) is 2.65. The number of nitrogens with one attached hydrogen (secondary N) is 1. The van der Waals surface area contributed by atoms with Crippen LogP contribution in [0.25, 0.3) is 0 Å². The Hall–Kier alpha value is -3.12. The van der Waals surface area contributed by atoms with Gasteiger partial charge in [0.05, 0.1) is 6.61 Å². The average Bonchev–Trinajstić information content (AvgIpc) is 3.22. The second kappa shape index (κ2) is 9.13. The first kappa shape index (κ1) is 20.2. The number of fused-ring (bicyclic) bond motifs is 1. The summed E-state index contributed by atoms with van der Waals surface area (Å²) in [6.45, 7) is 4.81. The first-order valence-corrected chi connectivity index (χ1v) is 10.8. The zero-order valence-corrected chi connectivity index (χ0v) is 17.8. The third-order valence-corrected chi connectivity index (χ3v) is 5.73. The number of aryl methyl sites for hydroxylation is 1. The first-order chi connectivity index (χ1) is 14.6. The number of benzene rings is 3. The molecule has 0 aromatic heterocycles. The van der Waals surface area contributed by atoms with Crippen LogP contribution in [0.3, 0.4) is 0 Å². The molecule has 0 unspecified atom stereocenters. The highest BCUT2D eigenvalue weighted by Crippen LogP contribution is 2.34. The summed E-state index contributed by atoms with van der Waals surface area (Å²) in [5.41, 5.74) is 3.46. The largest absolute Gasteiger partial charge is 0.494 e. The van der Waals surface area contributed by atoms with Crippen molar-refractivity contribution >= 4 is 23.4 Å². The Morgan fingerprint density at radius 3 is 2.63 bits per heavy atom. The Morgan fingerprint density at radius 2 is 1.83 bits per heavy atom. The number of carbonyl (C=O) groups is 1. The number of hydrogen-bond acceptors (Lipinski definition) is 5. The Bertz CT molecular complexity index is 1050. The monoisotopic (exact) mass is 421 g/mol. The van der Waals surface area contributed by atoms with Crippen molar-refractivity contribution in [2.75, 3.05) is 18.7 Å². The molecule has 4 rings (SSSR count). The van der Waals surface area contributed by atoms with Gasteiger partial charge in [-0.2, -0.15) is 0 Å². The highest BCUT2D eigenvalue weighted by molar-refractivity contribution is 7.98. The fraction of sp³-hybridized carbons (Fsp3) is 0.208. The van der Waals surface area contributed by atoms with Gasteiger partial charge in [-0.3, -0.25) is 4.79 Å². The van der Waals surface area contributed by atoms with Crippen LogP contribution in [0.2, 0.25) is 0 Å². The quantitative estimate of drug-likeness (QED) is 0.498. The van der Waals surface area contributed by atoms with E-state index in [1.807, 2.05) is 19.1 Å². The molecule has 1 heterocycles. The average molecular weight is 422 g/mol. The summed E-state index contributed by atoms with van der Waals surface area (Å²) in [6, 6.07) is 19.3. The summed E-state index contributed by atoms with van der Waals surface area (Å²) in [6.07, 6.45) is 0. The van der Waals surface area contributed by atoms with Gasteiger partial charge in [-0.05, 0) is 56.3 Å². The maximum Gasteiger partial charge on any atom is 0.255 e. The molecule has 0 bridgehead atoms. The minimum absolute atomic E-state index is 0.182. The molecule has 3 aromatic rings. The van der Waals surface area contributed by atoms with E-state index in [-0.39, 0.29) is 12.7 Å². The van der Waals surface area contributed by atoms with Gasteiger partial charge in [0, 0.05) is 33.5 Å². The summed E-state index contributed by atoms with van der Waals surface area (Å²) >= 11 is 1.72. The highest BCUT2D eigenvalue weighted by atomic mass is 32.2. The molecule has 1 N–H and O–H groups in total. The molecule has 6 heteroatoms. The molecule has 0 atom stereocenters. The molecular formula is C24H23NO4S. The minimum Gasteiger partial charge on any atom is -0.494 e. The van der Waals surface area contributed by atoms with E-state index in [4.69, 9.17) is 14.2 Å². The summed E-state index contributed by atoms with van der Waals surface area (Å²) < 4.78 is 16.5. The van der Waals surface area contributed by atoms with E-state index < -0.39 is 0 Å². The van der Waals surface area contributed by atoms with Crippen LogP contribution in [0.5, 0.6) is 17.2 Å². The third-order valence-electron chi connectivity index (χ3n) is 4.67. The van der Waals surface area contributed by atoms with Gasteiger partial charge in [0.2, 0.25) is 6.79 Å². The van der Waals surface area contributed by atoms with Crippen LogP contribution in [0, 0.1) is 6.92 Å². The molecule has 30 heavy (non-hydrogen) atoms. The lowest BCUT2D eigenvalue weighted by Crippen LogP contribution is -2.12. The normalized spacial score (nSPS) is 11.9. The van der Waals surface area contributed by atoms with E-state index in [1.165, 1.54) is 10.5 Å². The van der Waals surface area contributed by atoms with Gasteiger partial charge in [-0.15, -0.1) is 11.8 Å². The molecule has 0 radical (unpaired) electrons. The standard InChI is InChI=1S/C24H23NO4S/c1-3-27-21-10-6-17(12-18(21)14-30-20-8-4-16(2)5-9-20)24(26)25-19-7-11-22-23(13-19)29-15-28-22/h4-13H,3,14-15H2,1-2H3,(H,25,26). The third kappa shape index (κ3) is 4.71. The molecule has 0 fully saturated rings. The van der Waals surface area contributed by atoms with Crippen molar-refractivity contribution in [2.24, 2.45) is 0 Å². The number of thioether (sulfide) groups is 1. The zero-order valence-electron chi connectivity index (χ0n) is 16.9. The van der Waals surface area contributed by atoms with Gasteiger partial charge < -0.3 is 19.5 Å². The Balaban J connectivity index is 1.50. The topological polar surface area (TPSA) is 56.8 Å². The molecule has 3 aromatic carbocycles. The molecule has 0 aliphatic carbocycles. The SMILES string of the molecule is CCOc1ccc(C(=O)Nc2ccc3c(c2)OCO3)cc1CSc1ccc(C)cc1. The fourth-order valence-corrected chi connectivity index (χ4v) is 3.98. The number of hydrogen-bond donors (Lipinski definition) is 1. The first-order valence-electron chi connectivity index (χ1n) is 9.78. The Labute approximate surface area is 180 Å². The van der Waals surface area contributed by atoms with E-state index in [0.29, 0.717) is 35.1 Å². The van der Waals surface area contributed by atoms with E-state index in [2.05, 4.69) is 36.5 Å². The predicted octanol–water partition coefficient (Wildman–Crippen LogP) is 5.67. The van der Waals surface area contributed by atoms with Crippen LogP contribution in [0.15, 0.2) is 65.6 Å². The van der Waals surface area contributed by atoms with Crippen LogP contribution >= 0.6 is 11.8 Å². The predicted molar refractivity (Wildman–Crippen MR) is 119 cm³/mol. The van der Waals surface area contributed by atoms with Gasteiger partial charge in [0.15, 0.2) is 11.5 Å². The maximum atomic E-state index is 12.8. The van der Waals surface area contributed by atoms with Crippen molar-refractivity contribution in [3.63, 3.8) is 0 Å². The van der Waals surface area contributed by atoms with Crippen molar-refractivity contribution in [3.05, 3.63) is 77.4 Å². The van der Waals surface area contributed by atoms with Gasteiger partial charge >= 0.3 is 0 Å². The van der Waals surface area contributed by atoms with Crippen LogP contribution in [-0.2, 0) is 5.75 Å². The number of carbonyl (C=O) groups excluding carboxylic acids is 1. The molecule has 0 spiro atoms. The number of amides is 1. The van der Waals surface area contributed by atoms with E-state index >= 15 is 0 Å². The second-order valence-corrected chi connectivity index (χ2v) is 7.93. The van der Waals surface area contributed by atoms with Crippen molar-refractivity contribution in [1.82, 2.24) is 0 Å². The minimum atomic E-state index is -0.182. The lowest BCUT2D eigenvalue weighted by Gasteiger charge is -2.13. The molecule has 1 amide bonds. The van der Waals surface area contributed by atoms with Crippen molar-refractivity contribution in [1.29, 1.82) is 0 Å². The van der Waals surface area contributed by atoms with Crippen LogP contribution < -0.4 is 19.5 Å². The van der Waals surface area contributed by atoms with Crippen LogP contribution in [0.4, 0.5) is 5.69 Å². The molecule has 154 valence electrons. The number of rotatable bonds is 7. The van der Waals surface area contributed by atoms with Gasteiger partial charge in [-0.25, -0.2) is 0 Å². The van der Waals surface area contributed by atoms with E-state index in [0.717, 1.165) is 11.3 Å². The Morgan fingerprint density at radius 1 is 1.03 bits per heavy atom. The van der Waals surface area contributed by atoms with Gasteiger partial charge in [0.1, 0.15) is 5.75 Å². The number of ether oxygens (including phenoxy) is 3. The van der Waals surface area contributed by atoms with E-state index in [9.17, 15) is 4.79 Å².